The first kappa shape index (κ1) is 12.9. The van der Waals surface area contributed by atoms with Crippen molar-refractivity contribution in [2.75, 3.05) is 6.54 Å². The molecule has 1 heterocycles. The van der Waals surface area contributed by atoms with Gasteiger partial charge in [-0.1, -0.05) is 6.42 Å². The number of hydrogen-bond acceptors (Lipinski definition) is 1. The van der Waals surface area contributed by atoms with Crippen molar-refractivity contribution in [1.82, 2.24) is 5.32 Å². The average molecular weight is 308 g/mol. The predicted molar refractivity (Wildman–Crippen MR) is 63.5 cm³/mol. The lowest BCUT2D eigenvalue weighted by molar-refractivity contribution is 0.210. The van der Waals surface area contributed by atoms with Gasteiger partial charge in [0.25, 0.3) is 0 Å². The van der Waals surface area contributed by atoms with Crippen molar-refractivity contribution in [3.05, 3.63) is 33.8 Å². The minimum Gasteiger partial charge on any atom is -0.311 e. The van der Waals surface area contributed by atoms with E-state index in [1.807, 2.05) is 0 Å². The third kappa shape index (κ3) is 2.65. The van der Waals surface area contributed by atoms with Crippen LogP contribution >= 0.6 is 15.9 Å². The maximum atomic E-state index is 14.2. The summed E-state index contributed by atoms with van der Waals surface area (Å²) in [7, 11) is 0. The Morgan fingerprint density at radius 3 is 2.71 bits per heavy atom. The quantitative estimate of drug-likeness (QED) is 0.818. The molecule has 1 saturated heterocycles. The van der Waals surface area contributed by atoms with Crippen molar-refractivity contribution in [3.63, 3.8) is 0 Å². The highest BCUT2D eigenvalue weighted by atomic mass is 79.9. The first-order chi connectivity index (χ1) is 8.11. The Kier molecular flexibility index (Phi) is 4.09. The second-order valence-corrected chi connectivity index (χ2v) is 5.07. The smallest absolute Gasteiger partial charge is 0.146 e. The summed E-state index contributed by atoms with van der Waals surface area (Å²) in [6.45, 7) is 0.697. The molecule has 0 aromatic heterocycles. The van der Waals surface area contributed by atoms with Crippen LogP contribution in [0.3, 0.4) is 0 Å². The third-order valence-electron chi connectivity index (χ3n) is 3.06. The third-order valence-corrected chi connectivity index (χ3v) is 3.67. The molecule has 0 aliphatic carbocycles. The van der Waals surface area contributed by atoms with Crippen LogP contribution in [0.4, 0.5) is 13.2 Å². The van der Waals surface area contributed by atoms with Gasteiger partial charge in [-0.15, -0.1) is 0 Å². The fourth-order valence-corrected chi connectivity index (χ4v) is 2.47. The first-order valence-electron chi connectivity index (χ1n) is 5.62. The van der Waals surface area contributed by atoms with Crippen molar-refractivity contribution in [2.45, 2.75) is 31.5 Å². The monoisotopic (exact) mass is 307 g/mol. The molecule has 2 rings (SSSR count). The second-order valence-electron chi connectivity index (χ2n) is 4.22. The van der Waals surface area contributed by atoms with Gasteiger partial charge in [0, 0.05) is 6.04 Å². The summed E-state index contributed by atoms with van der Waals surface area (Å²) >= 11 is 2.94. The van der Waals surface area contributed by atoms with Gasteiger partial charge >= 0.3 is 0 Å². The van der Waals surface area contributed by atoms with Gasteiger partial charge in [-0.2, -0.15) is 0 Å². The van der Waals surface area contributed by atoms with Crippen molar-refractivity contribution < 1.29 is 13.2 Å². The summed E-state index contributed by atoms with van der Waals surface area (Å²) in [4.78, 5) is 0. The van der Waals surface area contributed by atoms with E-state index in [4.69, 9.17) is 0 Å². The normalized spacial score (nSPS) is 22.5. The number of alkyl halides is 1. The Morgan fingerprint density at radius 2 is 2.06 bits per heavy atom. The summed E-state index contributed by atoms with van der Waals surface area (Å²) in [5.74, 6) is -1.67. The molecule has 0 radical (unpaired) electrons. The molecule has 1 aromatic carbocycles. The minimum atomic E-state index is -1.65. The molecule has 1 aliphatic rings. The number of hydrogen-bond donors (Lipinski definition) is 1. The summed E-state index contributed by atoms with van der Waals surface area (Å²) in [5.41, 5.74) is -0.473. The van der Waals surface area contributed by atoms with Gasteiger partial charge in [-0.3, -0.25) is 0 Å². The van der Waals surface area contributed by atoms with E-state index < -0.39 is 29.4 Å². The van der Waals surface area contributed by atoms with E-state index in [2.05, 4.69) is 21.2 Å². The number of nitrogens with one attached hydrogen (secondary N) is 1. The van der Waals surface area contributed by atoms with Gasteiger partial charge in [0.2, 0.25) is 0 Å². The van der Waals surface area contributed by atoms with Crippen LogP contribution in [0.25, 0.3) is 0 Å². The number of halogens is 4. The molecule has 2 atom stereocenters. The Bertz CT molecular complexity index is 405. The minimum absolute atomic E-state index is 0.0901. The molecule has 0 spiro atoms. The van der Waals surface area contributed by atoms with Crippen LogP contribution in [0.2, 0.25) is 0 Å². The van der Waals surface area contributed by atoms with Crippen LogP contribution in [0, 0.1) is 11.6 Å². The Labute approximate surface area is 107 Å². The van der Waals surface area contributed by atoms with E-state index >= 15 is 0 Å². The molecule has 0 bridgehead atoms. The molecule has 1 fully saturated rings. The van der Waals surface area contributed by atoms with E-state index in [9.17, 15) is 13.2 Å². The number of rotatable bonds is 2. The van der Waals surface area contributed by atoms with Crippen LogP contribution in [0.15, 0.2) is 16.6 Å². The molecule has 1 aromatic rings. The van der Waals surface area contributed by atoms with Gasteiger partial charge in [0.1, 0.15) is 17.8 Å². The molecule has 0 amide bonds. The fraction of sp³-hybridized carbons (Fsp3) is 0.500. The van der Waals surface area contributed by atoms with E-state index in [1.165, 1.54) is 6.07 Å². The molecule has 17 heavy (non-hydrogen) atoms. The second kappa shape index (κ2) is 5.40. The molecule has 1 aliphatic heterocycles. The Hall–Kier alpha value is -0.550. The van der Waals surface area contributed by atoms with Gasteiger partial charge in [0.15, 0.2) is 0 Å². The van der Waals surface area contributed by atoms with Crippen LogP contribution < -0.4 is 5.32 Å². The lowest BCUT2D eigenvalue weighted by atomic mass is 9.95. The van der Waals surface area contributed by atoms with Gasteiger partial charge in [-0.05, 0) is 47.4 Å². The van der Waals surface area contributed by atoms with Crippen molar-refractivity contribution in [2.24, 2.45) is 0 Å². The molecular formula is C12H13BrF3N. The lowest BCUT2D eigenvalue weighted by Gasteiger charge is -2.27. The standard InChI is InChI=1S/C12H13BrF3N/c13-7-4-5-8(14)10(11(7)15)12(16)9-3-1-2-6-17-9/h4-5,9,12,17H,1-3,6H2. The lowest BCUT2D eigenvalue weighted by Crippen LogP contribution is -2.38. The first-order valence-corrected chi connectivity index (χ1v) is 6.41. The molecule has 0 saturated carbocycles. The van der Waals surface area contributed by atoms with E-state index in [-0.39, 0.29) is 4.47 Å². The topological polar surface area (TPSA) is 12.0 Å². The fourth-order valence-electron chi connectivity index (χ4n) is 2.13. The van der Waals surface area contributed by atoms with Gasteiger partial charge in [-0.25, -0.2) is 13.2 Å². The van der Waals surface area contributed by atoms with Crippen LogP contribution in [-0.4, -0.2) is 12.6 Å². The highest BCUT2D eigenvalue weighted by molar-refractivity contribution is 9.10. The molecule has 2 unspecified atom stereocenters. The van der Waals surface area contributed by atoms with E-state index in [0.717, 1.165) is 18.9 Å². The Balaban J connectivity index is 2.29. The van der Waals surface area contributed by atoms with E-state index in [1.54, 1.807) is 0 Å². The zero-order chi connectivity index (χ0) is 12.4. The number of benzene rings is 1. The molecule has 1 N–H and O–H groups in total. The van der Waals surface area contributed by atoms with Crippen molar-refractivity contribution >= 4 is 15.9 Å². The van der Waals surface area contributed by atoms with Crippen LogP contribution in [0.1, 0.15) is 31.0 Å². The average Bonchev–Trinajstić information content (AvgIpc) is 2.35. The molecular weight excluding hydrogens is 295 g/mol. The van der Waals surface area contributed by atoms with Crippen molar-refractivity contribution in [1.29, 1.82) is 0 Å². The van der Waals surface area contributed by atoms with Gasteiger partial charge < -0.3 is 5.32 Å². The highest BCUT2D eigenvalue weighted by Crippen LogP contribution is 2.33. The highest BCUT2D eigenvalue weighted by Gasteiger charge is 2.30. The van der Waals surface area contributed by atoms with Crippen LogP contribution in [0.5, 0.6) is 0 Å². The maximum absolute atomic E-state index is 14.2. The molecule has 1 nitrogen and oxygen atoms in total. The molecule has 5 heteroatoms. The maximum Gasteiger partial charge on any atom is 0.146 e. The Morgan fingerprint density at radius 1 is 1.29 bits per heavy atom. The predicted octanol–water partition coefficient (Wildman–Crippen LogP) is 3.88. The van der Waals surface area contributed by atoms with E-state index in [0.29, 0.717) is 13.0 Å². The summed E-state index contributed by atoms with van der Waals surface area (Å²) in [6.07, 6.45) is 0.821. The van der Waals surface area contributed by atoms with Crippen molar-refractivity contribution in [3.8, 4) is 0 Å². The zero-order valence-electron chi connectivity index (χ0n) is 9.15. The van der Waals surface area contributed by atoms with Gasteiger partial charge in [0.05, 0.1) is 10.0 Å². The molecule has 94 valence electrons. The number of piperidine rings is 1. The van der Waals surface area contributed by atoms with Crippen LogP contribution in [-0.2, 0) is 0 Å². The summed E-state index contributed by atoms with van der Waals surface area (Å²) in [6, 6.07) is 1.83. The summed E-state index contributed by atoms with van der Waals surface area (Å²) < 4.78 is 41.5. The largest absolute Gasteiger partial charge is 0.311 e. The SMILES string of the molecule is Fc1ccc(Br)c(F)c1C(F)C1CCCCN1. The summed E-state index contributed by atoms with van der Waals surface area (Å²) in [5, 5.41) is 2.97. The zero-order valence-corrected chi connectivity index (χ0v) is 10.7.